The number of hydrogen-bond acceptors (Lipinski definition) is 5. The van der Waals surface area contributed by atoms with Gasteiger partial charge in [0, 0.05) is 49.2 Å². The van der Waals surface area contributed by atoms with Gasteiger partial charge in [-0.3, -0.25) is 4.79 Å². The molecule has 1 aromatic carbocycles. The van der Waals surface area contributed by atoms with Gasteiger partial charge in [0.05, 0.1) is 24.9 Å². The van der Waals surface area contributed by atoms with Crippen LogP contribution in [0.3, 0.4) is 0 Å². The normalized spacial score (nSPS) is 22.0. The highest BCUT2D eigenvalue weighted by molar-refractivity contribution is 6.30. The minimum absolute atomic E-state index is 0.143. The largest absolute Gasteiger partial charge is 0.381 e. The summed E-state index contributed by atoms with van der Waals surface area (Å²) in [4.78, 5) is 20.5. The van der Waals surface area contributed by atoms with Crippen LogP contribution in [0.15, 0.2) is 34.4 Å². The van der Waals surface area contributed by atoms with Crippen molar-refractivity contribution in [2.75, 3.05) is 39.4 Å². The molecule has 9 heteroatoms. The summed E-state index contributed by atoms with van der Waals surface area (Å²) in [5.41, 5.74) is 1.73. The van der Waals surface area contributed by atoms with Crippen LogP contribution in [-0.2, 0) is 9.53 Å². The Morgan fingerprint density at radius 2 is 2.10 bits per heavy atom. The Morgan fingerprint density at radius 1 is 1.32 bits per heavy atom. The lowest BCUT2D eigenvalue weighted by Gasteiger charge is -2.42. The molecule has 1 amide bonds. The maximum Gasteiger partial charge on any atom is 0.233 e. The second kappa shape index (κ2) is 9.67. The summed E-state index contributed by atoms with van der Waals surface area (Å²) in [7, 11) is 0. The van der Waals surface area contributed by atoms with Crippen LogP contribution >= 0.6 is 11.6 Å². The standard InChI is InChI=1S/C22H27ClN6O2/c1-2-10-31-14-16-11-27(12-16)22(25-15-24)29-13-19(28-9-3-4-20(28)30)21(26-29)17-5-7-18(23)8-6-17/h5-8,16,19H,2-4,9-14H2,1H3. The molecular weight excluding hydrogens is 416 g/mol. The molecule has 0 radical (unpaired) electrons. The number of benzene rings is 1. The second-order valence-electron chi connectivity index (χ2n) is 8.14. The second-order valence-corrected chi connectivity index (χ2v) is 8.57. The van der Waals surface area contributed by atoms with Gasteiger partial charge in [-0.1, -0.05) is 30.7 Å². The average Bonchev–Trinajstić information content (AvgIpc) is 3.35. The van der Waals surface area contributed by atoms with E-state index in [1.54, 1.807) is 5.01 Å². The fourth-order valence-electron chi connectivity index (χ4n) is 4.30. The molecular formula is C22H27ClN6O2. The highest BCUT2D eigenvalue weighted by Gasteiger charge is 2.41. The van der Waals surface area contributed by atoms with E-state index in [4.69, 9.17) is 21.4 Å². The van der Waals surface area contributed by atoms with Crippen molar-refractivity contribution in [1.82, 2.24) is 14.8 Å². The summed E-state index contributed by atoms with van der Waals surface area (Å²) in [5, 5.41) is 16.5. The molecule has 3 aliphatic heterocycles. The number of carbonyl (C=O) groups excluding carboxylic acids is 1. The van der Waals surface area contributed by atoms with Gasteiger partial charge in [0.1, 0.15) is 0 Å². The minimum Gasteiger partial charge on any atom is -0.381 e. The fourth-order valence-corrected chi connectivity index (χ4v) is 4.42. The zero-order valence-corrected chi connectivity index (χ0v) is 18.5. The third-order valence-corrected chi connectivity index (χ3v) is 6.09. The first-order valence-corrected chi connectivity index (χ1v) is 11.2. The first-order valence-electron chi connectivity index (χ1n) is 10.8. The van der Waals surface area contributed by atoms with Crippen molar-refractivity contribution in [2.45, 2.75) is 32.2 Å². The minimum atomic E-state index is -0.176. The number of hydrogen-bond donors (Lipinski definition) is 0. The van der Waals surface area contributed by atoms with E-state index in [0.717, 1.165) is 50.4 Å². The third kappa shape index (κ3) is 4.68. The van der Waals surface area contributed by atoms with Gasteiger partial charge in [-0.05, 0) is 25.0 Å². The van der Waals surface area contributed by atoms with Crippen LogP contribution in [0, 0.1) is 17.4 Å². The van der Waals surface area contributed by atoms with Crippen molar-refractivity contribution in [1.29, 1.82) is 5.26 Å². The van der Waals surface area contributed by atoms with Gasteiger partial charge in [-0.25, -0.2) is 5.01 Å². The Balaban J connectivity index is 1.54. The maximum absolute atomic E-state index is 12.5. The summed E-state index contributed by atoms with van der Waals surface area (Å²) in [6, 6.07) is 7.32. The molecule has 0 bridgehead atoms. The van der Waals surface area contributed by atoms with Crippen molar-refractivity contribution in [3.05, 3.63) is 34.9 Å². The van der Waals surface area contributed by atoms with Crippen molar-refractivity contribution in [3.8, 4) is 6.19 Å². The number of rotatable bonds is 6. The van der Waals surface area contributed by atoms with Crippen LogP contribution < -0.4 is 0 Å². The number of nitriles is 1. The topological polar surface area (TPSA) is 84.5 Å². The number of guanidine groups is 1. The van der Waals surface area contributed by atoms with Gasteiger partial charge in [0.2, 0.25) is 18.1 Å². The predicted octanol–water partition coefficient (Wildman–Crippen LogP) is 2.55. The molecule has 2 fully saturated rings. The first kappa shape index (κ1) is 21.6. The van der Waals surface area contributed by atoms with Crippen LogP contribution in [-0.4, -0.2) is 77.8 Å². The molecule has 164 valence electrons. The van der Waals surface area contributed by atoms with Crippen LogP contribution in [0.5, 0.6) is 0 Å². The molecule has 4 rings (SSSR count). The Hall–Kier alpha value is -2.63. The number of amides is 1. The average molecular weight is 443 g/mol. The smallest absolute Gasteiger partial charge is 0.233 e. The van der Waals surface area contributed by atoms with Crippen LogP contribution in [0.25, 0.3) is 0 Å². The molecule has 1 unspecified atom stereocenters. The van der Waals surface area contributed by atoms with E-state index in [0.29, 0.717) is 36.5 Å². The molecule has 1 atom stereocenters. The van der Waals surface area contributed by atoms with Crippen molar-refractivity contribution in [2.24, 2.45) is 16.0 Å². The van der Waals surface area contributed by atoms with E-state index in [9.17, 15) is 10.1 Å². The summed E-state index contributed by atoms with van der Waals surface area (Å²) in [5.74, 6) is 1.10. The lowest BCUT2D eigenvalue weighted by Crippen LogP contribution is -2.56. The molecule has 0 aliphatic carbocycles. The molecule has 0 saturated carbocycles. The highest BCUT2D eigenvalue weighted by atomic mass is 35.5. The van der Waals surface area contributed by atoms with Crippen molar-refractivity contribution in [3.63, 3.8) is 0 Å². The van der Waals surface area contributed by atoms with E-state index in [1.165, 1.54) is 0 Å². The number of likely N-dealkylation sites (tertiary alicyclic amines) is 2. The molecule has 31 heavy (non-hydrogen) atoms. The molecule has 2 saturated heterocycles. The molecule has 8 nitrogen and oxygen atoms in total. The van der Waals surface area contributed by atoms with E-state index in [1.807, 2.05) is 35.4 Å². The Kier molecular flexibility index (Phi) is 6.73. The summed E-state index contributed by atoms with van der Waals surface area (Å²) >= 11 is 6.07. The van der Waals surface area contributed by atoms with Crippen molar-refractivity contribution >= 4 is 29.2 Å². The molecule has 3 heterocycles. The third-order valence-electron chi connectivity index (χ3n) is 5.84. The van der Waals surface area contributed by atoms with E-state index in [-0.39, 0.29) is 11.9 Å². The Bertz CT molecular complexity index is 904. The summed E-state index contributed by atoms with van der Waals surface area (Å²) in [6.45, 7) is 6.33. The zero-order valence-electron chi connectivity index (χ0n) is 17.7. The monoisotopic (exact) mass is 442 g/mol. The van der Waals surface area contributed by atoms with Gasteiger partial charge < -0.3 is 14.5 Å². The summed E-state index contributed by atoms with van der Waals surface area (Å²) < 4.78 is 5.65. The number of hydrazone groups is 1. The van der Waals surface area contributed by atoms with Gasteiger partial charge in [-0.2, -0.15) is 10.4 Å². The zero-order chi connectivity index (χ0) is 21.8. The molecule has 1 aromatic rings. The first-order chi connectivity index (χ1) is 15.1. The number of carbonyl (C=O) groups is 1. The van der Waals surface area contributed by atoms with Gasteiger partial charge in [-0.15, -0.1) is 4.99 Å². The van der Waals surface area contributed by atoms with E-state index >= 15 is 0 Å². The van der Waals surface area contributed by atoms with E-state index < -0.39 is 0 Å². The van der Waals surface area contributed by atoms with Gasteiger partial charge in [0.15, 0.2) is 0 Å². The number of aliphatic imine (C=N–C) groups is 1. The predicted molar refractivity (Wildman–Crippen MR) is 119 cm³/mol. The maximum atomic E-state index is 12.5. The SMILES string of the molecule is CCCOCC1CN(C(=NC#N)N2CC(N3CCCC3=O)C(c3ccc(Cl)cc3)=N2)C1. The highest BCUT2D eigenvalue weighted by Crippen LogP contribution is 2.27. The van der Waals surface area contributed by atoms with Crippen LogP contribution in [0.1, 0.15) is 31.7 Å². The van der Waals surface area contributed by atoms with Crippen LogP contribution in [0.2, 0.25) is 5.02 Å². The number of ether oxygens (including phenoxy) is 1. The van der Waals surface area contributed by atoms with Gasteiger partial charge in [0.25, 0.3) is 0 Å². The summed E-state index contributed by atoms with van der Waals surface area (Å²) in [6.07, 6.45) is 4.35. The molecule has 3 aliphatic rings. The fraction of sp³-hybridized carbons (Fsp3) is 0.545. The Morgan fingerprint density at radius 3 is 2.74 bits per heavy atom. The quantitative estimate of drug-likeness (QED) is 0.292. The van der Waals surface area contributed by atoms with Gasteiger partial charge >= 0.3 is 0 Å². The lowest BCUT2D eigenvalue weighted by molar-refractivity contribution is -0.128. The number of nitrogens with zero attached hydrogens (tertiary/aromatic N) is 6. The van der Waals surface area contributed by atoms with Crippen LogP contribution in [0.4, 0.5) is 0 Å². The molecule has 0 aromatic heterocycles. The lowest BCUT2D eigenvalue weighted by atomic mass is 10.0. The van der Waals surface area contributed by atoms with Crippen molar-refractivity contribution < 1.29 is 9.53 Å². The molecule has 0 N–H and O–H groups in total. The Labute approximate surface area is 187 Å². The molecule has 0 spiro atoms. The number of halogens is 1. The van der Waals surface area contributed by atoms with E-state index in [2.05, 4.69) is 16.8 Å².